The first-order valence-electron chi connectivity index (χ1n) is 6.19. The monoisotopic (exact) mass is 351 g/mol. The molecule has 0 aliphatic carbocycles. The molecule has 0 saturated heterocycles. The van der Waals surface area contributed by atoms with E-state index in [4.69, 9.17) is 5.73 Å². The predicted molar refractivity (Wildman–Crippen MR) is 85.7 cm³/mol. The predicted octanol–water partition coefficient (Wildman–Crippen LogP) is 3.71. The maximum absolute atomic E-state index is 6.21. The van der Waals surface area contributed by atoms with Crippen molar-refractivity contribution in [1.82, 2.24) is 0 Å². The first kappa shape index (κ1) is 13.6. The van der Waals surface area contributed by atoms with Gasteiger partial charge in [0.05, 0.1) is 0 Å². The summed E-state index contributed by atoms with van der Waals surface area (Å²) in [6.45, 7) is 2.11. The summed E-state index contributed by atoms with van der Waals surface area (Å²) in [5, 5.41) is 0. The summed E-state index contributed by atoms with van der Waals surface area (Å²) >= 11 is 2.32. The van der Waals surface area contributed by atoms with Gasteiger partial charge in [0.15, 0.2) is 0 Å². The molecule has 2 aromatic carbocycles. The lowest BCUT2D eigenvalue weighted by atomic mass is 9.99. The Morgan fingerprint density at radius 2 is 1.33 bits per heavy atom. The van der Waals surface area contributed by atoms with Gasteiger partial charge in [-0.05, 0) is 65.6 Å². The van der Waals surface area contributed by atoms with Crippen LogP contribution in [0.25, 0.3) is 0 Å². The Morgan fingerprint density at radius 1 is 0.889 bits per heavy atom. The molecule has 1 atom stereocenters. The molecule has 0 fully saturated rings. The van der Waals surface area contributed by atoms with E-state index >= 15 is 0 Å². The second-order valence-electron chi connectivity index (χ2n) is 4.78. The third kappa shape index (κ3) is 4.10. The van der Waals surface area contributed by atoms with Crippen LogP contribution < -0.4 is 5.73 Å². The van der Waals surface area contributed by atoms with Crippen molar-refractivity contribution in [2.24, 2.45) is 5.73 Å². The van der Waals surface area contributed by atoms with Gasteiger partial charge in [0.25, 0.3) is 0 Å². The zero-order valence-corrected chi connectivity index (χ0v) is 12.7. The molecule has 1 nitrogen and oxygen atoms in total. The molecule has 0 radical (unpaired) electrons. The maximum atomic E-state index is 6.21. The van der Waals surface area contributed by atoms with E-state index < -0.39 is 0 Å². The Kier molecular flexibility index (Phi) is 4.78. The van der Waals surface area contributed by atoms with Crippen LogP contribution in [0.3, 0.4) is 0 Å². The highest BCUT2D eigenvalue weighted by molar-refractivity contribution is 14.1. The number of hydrogen-bond acceptors (Lipinski definition) is 1. The Morgan fingerprint density at radius 3 is 1.83 bits per heavy atom. The van der Waals surface area contributed by atoms with Crippen molar-refractivity contribution >= 4 is 22.6 Å². The fourth-order valence-corrected chi connectivity index (χ4v) is 2.38. The number of halogens is 1. The molecule has 2 rings (SSSR count). The van der Waals surface area contributed by atoms with Crippen molar-refractivity contribution in [2.75, 3.05) is 0 Å². The standard InChI is InChI=1S/C16H18IN/c1-12-2-4-13(5-3-12)10-16(18)11-14-6-8-15(17)9-7-14/h2-9,16H,10-11,18H2,1H3. The van der Waals surface area contributed by atoms with Crippen molar-refractivity contribution in [1.29, 1.82) is 0 Å². The fraction of sp³-hybridized carbons (Fsp3) is 0.250. The molecule has 2 heteroatoms. The number of benzene rings is 2. The summed E-state index contributed by atoms with van der Waals surface area (Å²) in [5.41, 5.74) is 10.1. The molecule has 18 heavy (non-hydrogen) atoms. The molecule has 2 N–H and O–H groups in total. The van der Waals surface area contributed by atoms with Crippen molar-refractivity contribution < 1.29 is 0 Å². The molecule has 0 spiro atoms. The zero-order valence-electron chi connectivity index (χ0n) is 10.6. The molecule has 94 valence electrons. The van der Waals surface area contributed by atoms with Gasteiger partial charge in [-0.1, -0.05) is 42.0 Å². The topological polar surface area (TPSA) is 26.0 Å². The smallest absolute Gasteiger partial charge is 0.0130 e. The Labute approximate surface area is 123 Å². The number of nitrogens with two attached hydrogens (primary N) is 1. The van der Waals surface area contributed by atoms with Gasteiger partial charge < -0.3 is 5.73 Å². The number of rotatable bonds is 4. The average molecular weight is 351 g/mol. The third-order valence-electron chi connectivity index (χ3n) is 3.03. The quantitative estimate of drug-likeness (QED) is 0.835. The molecular weight excluding hydrogens is 333 g/mol. The van der Waals surface area contributed by atoms with E-state index in [2.05, 4.69) is 78.0 Å². The molecule has 2 aromatic rings. The van der Waals surface area contributed by atoms with Crippen molar-refractivity contribution in [3.8, 4) is 0 Å². The van der Waals surface area contributed by atoms with E-state index in [1.165, 1.54) is 20.3 Å². The fourth-order valence-electron chi connectivity index (χ4n) is 2.02. The van der Waals surface area contributed by atoms with Crippen LogP contribution in [0.2, 0.25) is 0 Å². The van der Waals surface area contributed by atoms with E-state index in [0.717, 1.165) is 12.8 Å². The first-order valence-corrected chi connectivity index (χ1v) is 7.27. The van der Waals surface area contributed by atoms with E-state index in [9.17, 15) is 0 Å². The van der Waals surface area contributed by atoms with Gasteiger partial charge in [0, 0.05) is 9.61 Å². The molecule has 0 aliphatic rings. The van der Waals surface area contributed by atoms with E-state index in [1.807, 2.05) is 0 Å². The van der Waals surface area contributed by atoms with Crippen LogP contribution in [0.15, 0.2) is 48.5 Å². The van der Waals surface area contributed by atoms with Crippen molar-refractivity contribution in [3.63, 3.8) is 0 Å². The van der Waals surface area contributed by atoms with E-state index in [0.29, 0.717) is 0 Å². The second kappa shape index (κ2) is 6.34. The van der Waals surface area contributed by atoms with Gasteiger partial charge in [-0.2, -0.15) is 0 Å². The highest BCUT2D eigenvalue weighted by atomic mass is 127. The molecule has 0 aromatic heterocycles. The molecule has 0 aliphatic heterocycles. The minimum absolute atomic E-state index is 0.188. The molecule has 0 saturated carbocycles. The summed E-state index contributed by atoms with van der Waals surface area (Å²) < 4.78 is 1.27. The maximum Gasteiger partial charge on any atom is 0.0130 e. The Bertz CT molecular complexity index is 440. The number of aryl methyl sites for hydroxylation is 1. The Hall–Kier alpha value is -0.870. The minimum Gasteiger partial charge on any atom is -0.327 e. The molecular formula is C16H18IN. The van der Waals surface area contributed by atoms with Crippen LogP contribution in [-0.4, -0.2) is 6.04 Å². The van der Waals surface area contributed by atoms with Crippen LogP contribution in [0, 0.1) is 10.5 Å². The van der Waals surface area contributed by atoms with Gasteiger partial charge in [-0.15, -0.1) is 0 Å². The summed E-state index contributed by atoms with van der Waals surface area (Å²) in [6.07, 6.45) is 1.87. The van der Waals surface area contributed by atoms with Crippen LogP contribution in [0.5, 0.6) is 0 Å². The third-order valence-corrected chi connectivity index (χ3v) is 3.75. The van der Waals surface area contributed by atoms with Crippen molar-refractivity contribution in [3.05, 3.63) is 68.8 Å². The van der Waals surface area contributed by atoms with E-state index in [-0.39, 0.29) is 6.04 Å². The lowest BCUT2D eigenvalue weighted by Gasteiger charge is -2.12. The largest absolute Gasteiger partial charge is 0.327 e. The highest BCUT2D eigenvalue weighted by Gasteiger charge is 2.05. The normalized spacial score (nSPS) is 12.4. The second-order valence-corrected chi connectivity index (χ2v) is 6.03. The van der Waals surface area contributed by atoms with Gasteiger partial charge >= 0.3 is 0 Å². The lowest BCUT2D eigenvalue weighted by Crippen LogP contribution is -2.25. The minimum atomic E-state index is 0.188. The summed E-state index contributed by atoms with van der Waals surface area (Å²) in [5.74, 6) is 0. The summed E-state index contributed by atoms with van der Waals surface area (Å²) in [7, 11) is 0. The molecule has 0 heterocycles. The average Bonchev–Trinajstić information content (AvgIpc) is 2.35. The number of hydrogen-bond donors (Lipinski definition) is 1. The van der Waals surface area contributed by atoms with Gasteiger partial charge in [0.1, 0.15) is 0 Å². The van der Waals surface area contributed by atoms with Gasteiger partial charge in [-0.3, -0.25) is 0 Å². The highest BCUT2D eigenvalue weighted by Crippen LogP contribution is 2.11. The van der Waals surface area contributed by atoms with Crippen LogP contribution in [0.4, 0.5) is 0 Å². The van der Waals surface area contributed by atoms with Gasteiger partial charge in [-0.25, -0.2) is 0 Å². The molecule has 1 unspecified atom stereocenters. The molecule has 0 amide bonds. The first-order chi connectivity index (χ1) is 8.63. The van der Waals surface area contributed by atoms with Crippen molar-refractivity contribution in [2.45, 2.75) is 25.8 Å². The van der Waals surface area contributed by atoms with E-state index in [1.54, 1.807) is 0 Å². The van der Waals surface area contributed by atoms with Gasteiger partial charge in [0.2, 0.25) is 0 Å². The molecule has 0 bridgehead atoms. The Balaban J connectivity index is 1.94. The van der Waals surface area contributed by atoms with Crippen LogP contribution in [0.1, 0.15) is 16.7 Å². The lowest BCUT2D eigenvalue weighted by molar-refractivity contribution is 0.664. The summed E-state index contributed by atoms with van der Waals surface area (Å²) in [6, 6.07) is 17.4. The van der Waals surface area contributed by atoms with Crippen LogP contribution in [-0.2, 0) is 12.8 Å². The SMILES string of the molecule is Cc1ccc(CC(N)Cc2ccc(I)cc2)cc1. The van der Waals surface area contributed by atoms with Crippen LogP contribution >= 0.6 is 22.6 Å². The zero-order chi connectivity index (χ0) is 13.0. The summed E-state index contributed by atoms with van der Waals surface area (Å²) in [4.78, 5) is 0.